The number of aliphatic hydroxyl groups is 1. The molecule has 1 saturated heterocycles. The van der Waals surface area contributed by atoms with E-state index in [1.54, 1.807) is 4.68 Å². The molecule has 0 radical (unpaired) electrons. The molecule has 1 aromatic heterocycles. The zero-order valence-corrected chi connectivity index (χ0v) is 12.7. The SMILES string of the molecule is Cc1c(CO)nnn1-c1ccc(N2CCC(C)CC2)cc1. The lowest BCUT2D eigenvalue weighted by Gasteiger charge is -2.32. The van der Waals surface area contributed by atoms with Crippen LogP contribution >= 0.6 is 0 Å². The summed E-state index contributed by atoms with van der Waals surface area (Å²) in [5.74, 6) is 0.843. The van der Waals surface area contributed by atoms with Crippen LogP contribution in [0.4, 0.5) is 5.69 Å². The number of aliphatic hydroxyl groups excluding tert-OH is 1. The molecule has 5 nitrogen and oxygen atoms in total. The molecule has 5 heteroatoms. The summed E-state index contributed by atoms with van der Waals surface area (Å²) in [5, 5.41) is 17.3. The maximum atomic E-state index is 9.19. The van der Waals surface area contributed by atoms with Crippen LogP contribution in [-0.2, 0) is 6.61 Å². The van der Waals surface area contributed by atoms with Gasteiger partial charge in [-0.1, -0.05) is 12.1 Å². The van der Waals surface area contributed by atoms with Crippen LogP contribution in [0.5, 0.6) is 0 Å². The van der Waals surface area contributed by atoms with Crippen LogP contribution in [0.1, 0.15) is 31.2 Å². The van der Waals surface area contributed by atoms with Gasteiger partial charge in [-0.05, 0) is 49.9 Å². The van der Waals surface area contributed by atoms with Crippen LogP contribution in [0.25, 0.3) is 5.69 Å². The predicted octanol–water partition coefficient (Wildman–Crippen LogP) is 2.30. The van der Waals surface area contributed by atoms with Gasteiger partial charge in [-0.15, -0.1) is 5.10 Å². The summed E-state index contributed by atoms with van der Waals surface area (Å²) < 4.78 is 1.77. The topological polar surface area (TPSA) is 54.2 Å². The second kappa shape index (κ2) is 5.85. The Labute approximate surface area is 125 Å². The summed E-state index contributed by atoms with van der Waals surface area (Å²) in [5.41, 5.74) is 3.76. The summed E-state index contributed by atoms with van der Waals surface area (Å²) in [6.07, 6.45) is 2.54. The largest absolute Gasteiger partial charge is 0.390 e. The van der Waals surface area contributed by atoms with Gasteiger partial charge in [-0.3, -0.25) is 0 Å². The first-order valence-corrected chi connectivity index (χ1v) is 7.56. The van der Waals surface area contributed by atoms with Crippen LogP contribution in [-0.4, -0.2) is 33.2 Å². The van der Waals surface area contributed by atoms with Gasteiger partial charge in [0.1, 0.15) is 5.69 Å². The normalized spacial score (nSPS) is 16.4. The highest BCUT2D eigenvalue weighted by atomic mass is 16.3. The number of aromatic nitrogens is 3. The first-order chi connectivity index (χ1) is 10.2. The van der Waals surface area contributed by atoms with Gasteiger partial charge in [-0.25, -0.2) is 4.68 Å². The van der Waals surface area contributed by atoms with Gasteiger partial charge in [0.05, 0.1) is 18.0 Å². The molecule has 112 valence electrons. The highest BCUT2D eigenvalue weighted by Gasteiger charge is 2.16. The monoisotopic (exact) mass is 286 g/mol. The number of piperidine rings is 1. The number of hydrogen-bond donors (Lipinski definition) is 1. The van der Waals surface area contributed by atoms with Gasteiger partial charge < -0.3 is 10.0 Å². The maximum absolute atomic E-state index is 9.19. The van der Waals surface area contributed by atoms with E-state index in [9.17, 15) is 5.11 Å². The van der Waals surface area contributed by atoms with Crippen molar-refractivity contribution in [2.45, 2.75) is 33.3 Å². The summed E-state index contributed by atoms with van der Waals surface area (Å²) in [6, 6.07) is 8.42. The zero-order chi connectivity index (χ0) is 14.8. The molecule has 21 heavy (non-hydrogen) atoms. The molecule has 1 N–H and O–H groups in total. The molecule has 0 atom stereocenters. The van der Waals surface area contributed by atoms with E-state index in [4.69, 9.17) is 0 Å². The molecule has 0 aliphatic carbocycles. The number of hydrogen-bond acceptors (Lipinski definition) is 4. The van der Waals surface area contributed by atoms with E-state index in [0.717, 1.165) is 30.4 Å². The van der Waals surface area contributed by atoms with E-state index in [2.05, 4.69) is 46.4 Å². The van der Waals surface area contributed by atoms with Crippen molar-refractivity contribution in [1.82, 2.24) is 15.0 Å². The number of nitrogens with zero attached hydrogens (tertiary/aromatic N) is 4. The molecule has 0 amide bonds. The molecule has 1 fully saturated rings. The molecule has 0 unspecified atom stereocenters. The van der Waals surface area contributed by atoms with Gasteiger partial charge in [-0.2, -0.15) is 0 Å². The Hall–Kier alpha value is -1.88. The molecule has 1 aromatic carbocycles. The van der Waals surface area contributed by atoms with E-state index in [0.29, 0.717) is 5.69 Å². The predicted molar refractivity (Wildman–Crippen MR) is 82.6 cm³/mol. The second-order valence-corrected chi connectivity index (χ2v) is 5.88. The molecule has 3 rings (SSSR count). The van der Waals surface area contributed by atoms with E-state index in [1.807, 2.05) is 6.92 Å². The van der Waals surface area contributed by atoms with Gasteiger partial charge >= 0.3 is 0 Å². The maximum Gasteiger partial charge on any atom is 0.111 e. The Morgan fingerprint density at radius 1 is 1.14 bits per heavy atom. The summed E-state index contributed by atoms with van der Waals surface area (Å²) in [6.45, 7) is 6.45. The van der Waals surface area contributed by atoms with E-state index < -0.39 is 0 Å². The van der Waals surface area contributed by atoms with Crippen molar-refractivity contribution in [3.05, 3.63) is 35.7 Å². The Kier molecular flexibility index (Phi) is 3.92. The van der Waals surface area contributed by atoms with Crippen LogP contribution in [0.3, 0.4) is 0 Å². The lowest BCUT2D eigenvalue weighted by molar-refractivity contribution is 0.276. The summed E-state index contributed by atoms with van der Waals surface area (Å²) >= 11 is 0. The highest BCUT2D eigenvalue weighted by molar-refractivity contribution is 5.51. The average molecular weight is 286 g/mol. The molecule has 2 aromatic rings. The second-order valence-electron chi connectivity index (χ2n) is 5.88. The minimum Gasteiger partial charge on any atom is -0.390 e. The molecule has 0 saturated carbocycles. The molecule has 1 aliphatic rings. The highest BCUT2D eigenvalue weighted by Crippen LogP contribution is 2.24. The van der Waals surface area contributed by atoms with Crippen molar-refractivity contribution in [3.63, 3.8) is 0 Å². The van der Waals surface area contributed by atoms with E-state index >= 15 is 0 Å². The van der Waals surface area contributed by atoms with Crippen molar-refractivity contribution >= 4 is 5.69 Å². The van der Waals surface area contributed by atoms with Crippen LogP contribution in [0, 0.1) is 12.8 Å². The van der Waals surface area contributed by atoms with Gasteiger partial charge in [0, 0.05) is 18.8 Å². The van der Waals surface area contributed by atoms with E-state index in [1.165, 1.54) is 18.5 Å². The van der Waals surface area contributed by atoms with Gasteiger partial charge in [0.2, 0.25) is 0 Å². The minimum atomic E-state index is -0.0735. The van der Waals surface area contributed by atoms with Crippen molar-refractivity contribution in [2.24, 2.45) is 5.92 Å². The number of anilines is 1. The smallest absolute Gasteiger partial charge is 0.111 e. The van der Waals surface area contributed by atoms with Gasteiger partial charge in [0.25, 0.3) is 0 Å². The van der Waals surface area contributed by atoms with Gasteiger partial charge in [0.15, 0.2) is 0 Å². The first-order valence-electron chi connectivity index (χ1n) is 7.56. The molecule has 1 aliphatic heterocycles. The van der Waals surface area contributed by atoms with Crippen LogP contribution in [0.15, 0.2) is 24.3 Å². The Morgan fingerprint density at radius 3 is 2.33 bits per heavy atom. The average Bonchev–Trinajstić information content (AvgIpc) is 2.89. The van der Waals surface area contributed by atoms with Crippen molar-refractivity contribution in [3.8, 4) is 5.69 Å². The van der Waals surface area contributed by atoms with Crippen molar-refractivity contribution in [2.75, 3.05) is 18.0 Å². The van der Waals surface area contributed by atoms with Crippen LogP contribution in [0.2, 0.25) is 0 Å². The third-order valence-electron chi connectivity index (χ3n) is 4.38. The lowest BCUT2D eigenvalue weighted by atomic mass is 9.99. The Morgan fingerprint density at radius 2 is 1.76 bits per heavy atom. The lowest BCUT2D eigenvalue weighted by Crippen LogP contribution is -2.32. The zero-order valence-electron chi connectivity index (χ0n) is 12.7. The summed E-state index contributed by atoms with van der Waals surface area (Å²) in [4.78, 5) is 2.44. The van der Waals surface area contributed by atoms with Crippen molar-refractivity contribution < 1.29 is 5.11 Å². The Balaban J connectivity index is 1.79. The minimum absolute atomic E-state index is 0.0735. The standard InChI is InChI=1S/C16H22N4O/c1-12-7-9-19(10-8-12)14-3-5-15(6-4-14)20-13(2)16(11-21)17-18-20/h3-6,12,21H,7-11H2,1-2H3. The fourth-order valence-corrected chi connectivity index (χ4v) is 2.82. The summed E-state index contributed by atoms with van der Waals surface area (Å²) in [7, 11) is 0. The molecule has 0 spiro atoms. The third kappa shape index (κ3) is 2.78. The molecule has 2 heterocycles. The fourth-order valence-electron chi connectivity index (χ4n) is 2.82. The third-order valence-corrected chi connectivity index (χ3v) is 4.38. The quantitative estimate of drug-likeness (QED) is 0.940. The Bertz CT molecular complexity index is 597. The fraction of sp³-hybridized carbons (Fsp3) is 0.500. The van der Waals surface area contributed by atoms with E-state index in [-0.39, 0.29) is 6.61 Å². The molecular formula is C16H22N4O. The molecule has 0 bridgehead atoms. The number of benzene rings is 1. The first kappa shape index (κ1) is 14.1. The van der Waals surface area contributed by atoms with Crippen LogP contribution < -0.4 is 4.90 Å². The van der Waals surface area contributed by atoms with Crippen molar-refractivity contribution in [1.29, 1.82) is 0 Å². The molecular weight excluding hydrogens is 264 g/mol. The number of rotatable bonds is 3.